The fourth-order valence-corrected chi connectivity index (χ4v) is 3.73. The van der Waals surface area contributed by atoms with Crippen molar-refractivity contribution >= 4 is 28.3 Å². The molecule has 0 aliphatic rings. The number of para-hydroxylation sites is 1. The minimum absolute atomic E-state index is 0.339. The third-order valence-electron chi connectivity index (χ3n) is 5.53. The van der Waals surface area contributed by atoms with E-state index in [9.17, 15) is 10.1 Å². The molecule has 0 radical (unpaired) electrons. The monoisotopic (exact) mass is 486 g/mol. The molecule has 1 aromatic heterocycles. The largest absolute Gasteiger partial charge is 0.487 e. The summed E-state index contributed by atoms with van der Waals surface area (Å²) < 4.78 is 12.0. The van der Waals surface area contributed by atoms with Crippen LogP contribution < -0.4 is 20.1 Å². The molecule has 0 atom stereocenters. The number of pyridine rings is 1. The van der Waals surface area contributed by atoms with Crippen LogP contribution in [0.25, 0.3) is 10.9 Å². The molecule has 7 heteroatoms. The molecule has 1 heterocycles. The number of aromatic nitrogens is 1. The molecule has 5 rings (SSSR count). The summed E-state index contributed by atoms with van der Waals surface area (Å²) in [6.07, 6.45) is 1.65. The first-order valence-corrected chi connectivity index (χ1v) is 11.6. The summed E-state index contributed by atoms with van der Waals surface area (Å²) in [5, 5.41) is 16.0. The van der Waals surface area contributed by atoms with E-state index in [0.29, 0.717) is 51.7 Å². The van der Waals surface area contributed by atoms with Gasteiger partial charge in [-0.1, -0.05) is 48.5 Å². The van der Waals surface area contributed by atoms with Gasteiger partial charge in [-0.2, -0.15) is 5.26 Å². The number of rotatable bonds is 7. The average molecular weight is 487 g/mol. The van der Waals surface area contributed by atoms with E-state index < -0.39 is 0 Å². The molecule has 0 spiro atoms. The van der Waals surface area contributed by atoms with Gasteiger partial charge in [-0.15, -0.1) is 0 Å². The van der Waals surface area contributed by atoms with Gasteiger partial charge in [-0.3, -0.25) is 4.98 Å². The maximum Gasteiger partial charge on any atom is 0.323 e. The Morgan fingerprint density at radius 3 is 2.19 bits per heavy atom. The Bertz CT molecular complexity index is 1560. The van der Waals surface area contributed by atoms with Crippen LogP contribution in [0.15, 0.2) is 109 Å². The molecule has 2 N–H and O–H groups in total. The van der Waals surface area contributed by atoms with E-state index in [1.165, 1.54) is 0 Å². The molecular formula is C30H22N4O3. The number of fused-ring (bicyclic) bond motifs is 1. The lowest BCUT2D eigenvalue weighted by Crippen LogP contribution is -2.19. The van der Waals surface area contributed by atoms with Gasteiger partial charge in [0.25, 0.3) is 0 Å². The number of hydrogen-bond donors (Lipinski definition) is 2. The third-order valence-corrected chi connectivity index (χ3v) is 5.53. The summed E-state index contributed by atoms with van der Waals surface area (Å²) in [7, 11) is 0. The zero-order chi connectivity index (χ0) is 25.5. The predicted molar refractivity (Wildman–Crippen MR) is 143 cm³/mol. The number of nitrogens with zero attached hydrogens (tertiary/aromatic N) is 2. The normalized spacial score (nSPS) is 10.4. The van der Waals surface area contributed by atoms with Gasteiger partial charge in [0, 0.05) is 29.0 Å². The third kappa shape index (κ3) is 5.84. The van der Waals surface area contributed by atoms with Gasteiger partial charge in [0.15, 0.2) is 0 Å². The molecule has 0 bridgehead atoms. The highest BCUT2D eigenvalue weighted by molar-refractivity contribution is 5.99. The standard InChI is InChI=1S/C30H22N4O3/c31-19-22-17-26-27(18-29(22)36-20-21-7-3-1-4-8-21)32-16-15-28(26)37-25-13-11-24(12-14-25)34-30(35)33-23-9-5-2-6-10-23/h1-18H,20H2,(H2,33,34,35). The summed E-state index contributed by atoms with van der Waals surface area (Å²) in [5.41, 5.74) is 3.37. The van der Waals surface area contributed by atoms with Crippen LogP contribution in [0.3, 0.4) is 0 Å². The molecule has 37 heavy (non-hydrogen) atoms. The molecule has 2 amide bonds. The molecule has 0 aliphatic heterocycles. The highest BCUT2D eigenvalue weighted by Gasteiger charge is 2.12. The van der Waals surface area contributed by atoms with E-state index in [1.54, 1.807) is 48.7 Å². The first-order chi connectivity index (χ1) is 18.2. The van der Waals surface area contributed by atoms with Crippen LogP contribution in [-0.2, 0) is 6.61 Å². The number of ether oxygens (including phenoxy) is 2. The quantitative estimate of drug-likeness (QED) is 0.255. The molecule has 180 valence electrons. The molecule has 0 fully saturated rings. The summed E-state index contributed by atoms with van der Waals surface area (Å²) in [4.78, 5) is 16.7. The van der Waals surface area contributed by atoms with E-state index in [4.69, 9.17) is 9.47 Å². The molecular weight excluding hydrogens is 464 g/mol. The van der Waals surface area contributed by atoms with Crippen LogP contribution in [0.1, 0.15) is 11.1 Å². The topological polar surface area (TPSA) is 96.3 Å². The molecule has 7 nitrogen and oxygen atoms in total. The van der Waals surface area contributed by atoms with E-state index in [0.717, 1.165) is 5.56 Å². The van der Waals surface area contributed by atoms with Crippen molar-refractivity contribution in [3.05, 3.63) is 120 Å². The Balaban J connectivity index is 1.30. The number of urea groups is 1. The van der Waals surface area contributed by atoms with E-state index >= 15 is 0 Å². The zero-order valence-electron chi connectivity index (χ0n) is 19.7. The molecule has 0 aliphatic carbocycles. The van der Waals surface area contributed by atoms with Crippen molar-refractivity contribution in [2.45, 2.75) is 6.61 Å². The number of amides is 2. The van der Waals surface area contributed by atoms with Gasteiger partial charge in [0.1, 0.15) is 29.9 Å². The minimum Gasteiger partial charge on any atom is -0.487 e. The van der Waals surface area contributed by atoms with Crippen molar-refractivity contribution in [2.24, 2.45) is 0 Å². The number of benzene rings is 4. The van der Waals surface area contributed by atoms with Crippen LogP contribution in [0.5, 0.6) is 17.2 Å². The van der Waals surface area contributed by atoms with Gasteiger partial charge in [0.2, 0.25) is 0 Å². The molecule has 5 aromatic rings. The molecule has 0 saturated heterocycles. The Hall–Kier alpha value is -5.35. The van der Waals surface area contributed by atoms with Crippen LogP contribution in [0, 0.1) is 11.3 Å². The van der Waals surface area contributed by atoms with Crippen molar-refractivity contribution < 1.29 is 14.3 Å². The maximum absolute atomic E-state index is 12.2. The lowest BCUT2D eigenvalue weighted by molar-refractivity contribution is 0.262. The summed E-state index contributed by atoms with van der Waals surface area (Å²) in [5.74, 6) is 1.59. The number of hydrogen-bond acceptors (Lipinski definition) is 5. The molecule has 0 saturated carbocycles. The number of nitriles is 1. The fourth-order valence-electron chi connectivity index (χ4n) is 3.73. The predicted octanol–water partition coefficient (Wildman–Crippen LogP) is 7.12. The number of carbonyl (C=O) groups excluding carboxylic acids is 1. The first-order valence-electron chi connectivity index (χ1n) is 11.6. The molecule has 4 aromatic carbocycles. The van der Waals surface area contributed by atoms with Crippen molar-refractivity contribution in [1.29, 1.82) is 5.26 Å². The Morgan fingerprint density at radius 1 is 0.811 bits per heavy atom. The highest BCUT2D eigenvalue weighted by Crippen LogP contribution is 2.33. The maximum atomic E-state index is 12.2. The van der Waals surface area contributed by atoms with Gasteiger partial charge in [0.05, 0.1) is 11.1 Å². The second-order valence-corrected chi connectivity index (χ2v) is 8.13. The summed E-state index contributed by atoms with van der Waals surface area (Å²) >= 11 is 0. The van der Waals surface area contributed by atoms with Gasteiger partial charge >= 0.3 is 6.03 Å². The number of nitrogens with one attached hydrogen (secondary N) is 2. The van der Waals surface area contributed by atoms with E-state index in [1.807, 2.05) is 60.7 Å². The summed E-state index contributed by atoms with van der Waals surface area (Å²) in [6.45, 7) is 0.348. The lowest BCUT2D eigenvalue weighted by Gasteiger charge is -2.13. The van der Waals surface area contributed by atoms with Crippen molar-refractivity contribution in [3.8, 4) is 23.3 Å². The smallest absolute Gasteiger partial charge is 0.323 e. The van der Waals surface area contributed by atoms with Crippen LogP contribution in [-0.4, -0.2) is 11.0 Å². The first kappa shape index (κ1) is 23.4. The van der Waals surface area contributed by atoms with E-state index in [-0.39, 0.29) is 6.03 Å². The second kappa shape index (κ2) is 10.9. The lowest BCUT2D eigenvalue weighted by atomic mass is 10.1. The van der Waals surface area contributed by atoms with Crippen LogP contribution in [0.2, 0.25) is 0 Å². The van der Waals surface area contributed by atoms with Crippen molar-refractivity contribution in [1.82, 2.24) is 4.98 Å². The molecule has 0 unspecified atom stereocenters. The van der Waals surface area contributed by atoms with Crippen molar-refractivity contribution in [2.75, 3.05) is 10.6 Å². The van der Waals surface area contributed by atoms with Gasteiger partial charge < -0.3 is 20.1 Å². The average Bonchev–Trinajstić information content (AvgIpc) is 2.93. The summed E-state index contributed by atoms with van der Waals surface area (Å²) in [6, 6.07) is 33.1. The second-order valence-electron chi connectivity index (χ2n) is 8.13. The fraction of sp³-hybridized carbons (Fsp3) is 0.0333. The van der Waals surface area contributed by atoms with Crippen LogP contribution >= 0.6 is 0 Å². The minimum atomic E-state index is -0.339. The Morgan fingerprint density at radius 2 is 1.49 bits per heavy atom. The zero-order valence-corrected chi connectivity index (χ0v) is 19.7. The number of carbonyl (C=O) groups is 1. The Kier molecular flexibility index (Phi) is 6.91. The SMILES string of the molecule is N#Cc1cc2c(Oc3ccc(NC(=O)Nc4ccccc4)cc3)ccnc2cc1OCc1ccccc1. The van der Waals surface area contributed by atoms with E-state index in [2.05, 4.69) is 21.7 Å². The number of anilines is 2. The highest BCUT2D eigenvalue weighted by atomic mass is 16.5. The van der Waals surface area contributed by atoms with Crippen molar-refractivity contribution in [3.63, 3.8) is 0 Å². The van der Waals surface area contributed by atoms with Crippen LogP contribution in [0.4, 0.5) is 16.2 Å². The Labute approximate surface area is 213 Å². The van der Waals surface area contributed by atoms with Gasteiger partial charge in [-0.25, -0.2) is 4.79 Å². The van der Waals surface area contributed by atoms with Gasteiger partial charge in [-0.05, 0) is 54.1 Å².